The molecular weight excluding hydrogens is 228 g/mol. The lowest BCUT2D eigenvalue weighted by Crippen LogP contribution is -2.16. The molecule has 18 heavy (non-hydrogen) atoms. The van der Waals surface area contributed by atoms with Gasteiger partial charge >= 0.3 is 0 Å². The molecule has 1 aromatic heterocycles. The van der Waals surface area contributed by atoms with Crippen LogP contribution >= 0.6 is 0 Å². The van der Waals surface area contributed by atoms with E-state index in [0.717, 1.165) is 5.69 Å². The van der Waals surface area contributed by atoms with Gasteiger partial charge in [-0.15, -0.1) is 0 Å². The Balaban J connectivity index is 2.58. The van der Waals surface area contributed by atoms with Crippen LogP contribution in [0.15, 0.2) is 30.5 Å². The SMILES string of the molecule is CC(C)c1ccn(-c2c(N)cccc2C(N)=O)n1. The number of rotatable bonds is 3. The number of carbonyl (C=O) groups excluding carboxylic acids is 1. The zero-order valence-electron chi connectivity index (χ0n) is 10.4. The van der Waals surface area contributed by atoms with Crippen molar-refractivity contribution in [2.24, 2.45) is 5.73 Å². The van der Waals surface area contributed by atoms with Gasteiger partial charge in [0.05, 0.1) is 16.9 Å². The van der Waals surface area contributed by atoms with Crippen molar-refractivity contribution in [3.63, 3.8) is 0 Å². The summed E-state index contributed by atoms with van der Waals surface area (Å²) in [5.41, 5.74) is 13.6. The van der Waals surface area contributed by atoms with E-state index in [1.54, 1.807) is 29.1 Å². The van der Waals surface area contributed by atoms with Gasteiger partial charge in [0.2, 0.25) is 0 Å². The third-order valence-corrected chi connectivity index (χ3v) is 2.76. The van der Waals surface area contributed by atoms with Crippen LogP contribution in [-0.4, -0.2) is 15.7 Å². The highest BCUT2D eigenvalue weighted by atomic mass is 16.1. The Morgan fingerprint density at radius 1 is 1.33 bits per heavy atom. The van der Waals surface area contributed by atoms with Crippen molar-refractivity contribution in [1.82, 2.24) is 9.78 Å². The molecule has 0 bridgehead atoms. The first-order valence-corrected chi connectivity index (χ1v) is 5.75. The van der Waals surface area contributed by atoms with Crippen molar-refractivity contribution >= 4 is 11.6 Å². The van der Waals surface area contributed by atoms with Crippen LogP contribution in [-0.2, 0) is 0 Å². The molecule has 0 aliphatic heterocycles. The topological polar surface area (TPSA) is 86.9 Å². The summed E-state index contributed by atoms with van der Waals surface area (Å²) in [5.74, 6) is -0.202. The van der Waals surface area contributed by atoms with E-state index in [1.165, 1.54) is 0 Å². The molecule has 0 spiro atoms. The maximum absolute atomic E-state index is 11.4. The predicted molar refractivity (Wildman–Crippen MR) is 70.6 cm³/mol. The summed E-state index contributed by atoms with van der Waals surface area (Å²) in [6.07, 6.45) is 1.79. The van der Waals surface area contributed by atoms with Crippen molar-refractivity contribution in [3.05, 3.63) is 41.7 Å². The lowest BCUT2D eigenvalue weighted by molar-refractivity contribution is 0.1000. The van der Waals surface area contributed by atoms with Gasteiger partial charge in [-0.05, 0) is 24.1 Å². The standard InChI is InChI=1S/C13H16N4O/c1-8(2)11-6-7-17(16-11)12-9(13(15)18)4-3-5-10(12)14/h3-8H,14H2,1-2H3,(H2,15,18). The van der Waals surface area contributed by atoms with Gasteiger partial charge < -0.3 is 11.5 Å². The van der Waals surface area contributed by atoms with Gasteiger partial charge in [0.15, 0.2) is 0 Å². The number of para-hydroxylation sites is 1. The van der Waals surface area contributed by atoms with E-state index in [4.69, 9.17) is 11.5 Å². The monoisotopic (exact) mass is 244 g/mol. The molecule has 0 atom stereocenters. The number of hydrogen-bond donors (Lipinski definition) is 2. The average Bonchev–Trinajstić information content (AvgIpc) is 2.77. The molecule has 0 saturated carbocycles. The molecule has 0 unspecified atom stereocenters. The van der Waals surface area contributed by atoms with Crippen LogP contribution in [0.25, 0.3) is 5.69 Å². The first-order valence-electron chi connectivity index (χ1n) is 5.75. The van der Waals surface area contributed by atoms with Gasteiger partial charge in [0.25, 0.3) is 5.91 Å². The molecule has 0 fully saturated rings. The summed E-state index contributed by atoms with van der Waals surface area (Å²) >= 11 is 0. The lowest BCUT2D eigenvalue weighted by atomic mass is 10.1. The van der Waals surface area contributed by atoms with E-state index in [-0.39, 0.29) is 0 Å². The van der Waals surface area contributed by atoms with Gasteiger partial charge in [-0.25, -0.2) is 4.68 Å². The van der Waals surface area contributed by atoms with Gasteiger partial charge in [0.1, 0.15) is 5.69 Å². The first-order chi connectivity index (χ1) is 8.50. The molecule has 94 valence electrons. The highest BCUT2D eigenvalue weighted by Gasteiger charge is 2.14. The summed E-state index contributed by atoms with van der Waals surface area (Å²) in [7, 11) is 0. The number of nitrogens with two attached hydrogens (primary N) is 2. The fourth-order valence-corrected chi connectivity index (χ4v) is 1.79. The molecule has 0 saturated heterocycles. The lowest BCUT2D eigenvalue weighted by Gasteiger charge is -2.10. The summed E-state index contributed by atoms with van der Waals surface area (Å²) in [5, 5.41) is 4.41. The van der Waals surface area contributed by atoms with Crippen LogP contribution < -0.4 is 11.5 Å². The number of amides is 1. The van der Waals surface area contributed by atoms with Crippen LogP contribution in [0.4, 0.5) is 5.69 Å². The third-order valence-electron chi connectivity index (χ3n) is 2.76. The molecule has 1 heterocycles. The zero-order valence-corrected chi connectivity index (χ0v) is 10.4. The van der Waals surface area contributed by atoms with Gasteiger partial charge in [-0.2, -0.15) is 5.10 Å². The largest absolute Gasteiger partial charge is 0.397 e. The number of carbonyl (C=O) groups is 1. The molecule has 0 aliphatic rings. The molecule has 2 aromatic rings. The molecule has 1 aromatic carbocycles. The fraction of sp³-hybridized carbons (Fsp3) is 0.231. The highest BCUT2D eigenvalue weighted by Crippen LogP contribution is 2.22. The molecule has 0 radical (unpaired) electrons. The molecule has 5 nitrogen and oxygen atoms in total. The Labute approximate surface area is 105 Å². The van der Waals surface area contributed by atoms with Crippen LogP contribution in [0.2, 0.25) is 0 Å². The van der Waals surface area contributed by atoms with E-state index in [0.29, 0.717) is 22.9 Å². The second-order valence-corrected chi connectivity index (χ2v) is 4.45. The zero-order chi connectivity index (χ0) is 13.3. The van der Waals surface area contributed by atoms with Crippen molar-refractivity contribution in [3.8, 4) is 5.69 Å². The van der Waals surface area contributed by atoms with E-state index in [2.05, 4.69) is 18.9 Å². The van der Waals surface area contributed by atoms with E-state index in [9.17, 15) is 4.79 Å². The minimum atomic E-state index is -0.515. The van der Waals surface area contributed by atoms with Crippen LogP contribution in [0.1, 0.15) is 35.8 Å². The Morgan fingerprint density at radius 2 is 2.06 bits per heavy atom. The minimum absolute atomic E-state index is 0.313. The minimum Gasteiger partial charge on any atom is -0.397 e. The first kappa shape index (κ1) is 12.2. The third kappa shape index (κ3) is 2.07. The van der Waals surface area contributed by atoms with Crippen molar-refractivity contribution in [2.45, 2.75) is 19.8 Å². The molecular formula is C13H16N4O. The Hall–Kier alpha value is -2.30. The molecule has 4 N–H and O–H groups in total. The highest BCUT2D eigenvalue weighted by molar-refractivity contribution is 5.98. The quantitative estimate of drug-likeness (QED) is 0.805. The van der Waals surface area contributed by atoms with Crippen molar-refractivity contribution < 1.29 is 4.79 Å². The van der Waals surface area contributed by atoms with Gasteiger partial charge in [-0.1, -0.05) is 19.9 Å². The van der Waals surface area contributed by atoms with Crippen molar-refractivity contribution in [2.75, 3.05) is 5.73 Å². The predicted octanol–water partition coefficient (Wildman–Crippen LogP) is 1.68. The van der Waals surface area contributed by atoms with Gasteiger partial charge in [0, 0.05) is 6.20 Å². The van der Waals surface area contributed by atoms with E-state index >= 15 is 0 Å². The summed E-state index contributed by atoms with van der Waals surface area (Å²) in [6, 6.07) is 6.97. The number of anilines is 1. The number of aromatic nitrogens is 2. The normalized spacial score (nSPS) is 10.8. The van der Waals surface area contributed by atoms with Crippen LogP contribution in [0.5, 0.6) is 0 Å². The van der Waals surface area contributed by atoms with E-state index < -0.39 is 5.91 Å². The second-order valence-electron chi connectivity index (χ2n) is 4.45. The van der Waals surface area contributed by atoms with Crippen LogP contribution in [0.3, 0.4) is 0 Å². The summed E-state index contributed by atoms with van der Waals surface area (Å²) in [4.78, 5) is 11.4. The van der Waals surface area contributed by atoms with Gasteiger partial charge in [-0.3, -0.25) is 4.79 Å². The Morgan fingerprint density at radius 3 is 2.61 bits per heavy atom. The number of nitrogens with zero attached hydrogens (tertiary/aromatic N) is 2. The molecule has 0 aliphatic carbocycles. The average molecular weight is 244 g/mol. The molecule has 5 heteroatoms. The Kier molecular flexibility index (Phi) is 3.06. The summed E-state index contributed by atoms with van der Waals surface area (Å²) in [6.45, 7) is 4.10. The number of hydrogen-bond acceptors (Lipinski definition) is 3. The van der Waals surface area contributed by atoms with Crippen LogP contribution in [0, 0.1) is 0 Å². The number of benzene rings is 1. The maximum atomic E-state index is 11.4. The molecule has 2 rings (SSSR count). The maximum Gasteiger partial charge on any atom is 0.250 e. The number of primary amides is 1. The summed E-state index contributed by atoms with van der Waals surface area (Å²) < 4.78 is 1.60. The number of nitrogen functional groups attached to an aromatic ring is 1. The fourth-order valence-electron chi connectivity index (χ4n) is 1.79. The van der Waals surface area contributed by atoms with E-state index in [1.807, 2.05) is 6.07 Å². The smallest absolute Gasteiger partial charge is 0.250 e. The second kappa shape index (κ2) is 4.52. The Bertz CT molecular complexity index is 586. The molecule has 1 amide bonds. The van der Waals surface area contributed by atoms with Crippen molar-refractivity contribution in [1.29, 1.82) is 0 Å².